The molecule has 1 aromatic heterocycles. The number of hydrogen-bond acceptors (Lipinski definition) is 6. The zero-order chi connectivity index (χ0) is 24.5. The van der Waals surface area contributed by atoms with Crippen LogP contribution in [-0.2, 0) is 9.53 Å². The molecule has 178 valence electrons. The number of rotatable bonds is 9. The highest BCUT2D eigenvalue weighted by molar-refractivity contribution is 7.80. The second-order valence-electron chi connectivity index (χ2n) is 7.35. The first-order valence-corrected chi connectivity index (χ1v) is 12.4. The van der Waals surface area contributed by atoms with Crippen LogP contribution in [0.25, 0.3) is 11.1 Å². The van der Waals surface area contributed by atoms with Gasteiger partial charge in [0.15, 0.2) is 5.11 Å². The summed E-state index contributed by atoms with van der Waals surface area (Å²) in [6, 6.07) is 14.9. The molecule has 9 heteroatoms. The lowest BCUT2D eigenvalue weighted by atomic mass is 10.0. The number of halogens is 1. The molecule has 0 unspecified atom stereocenters. The van der Waals surface area contributed by atoms with Gasteiger partial charge in [-0.05, 0) is 62.3 Å². The third-order valence-corrected chi connectivity index (χ3v) is 6.10. The average Bonchev–Trinajstić information content (AvgIpc) is 3.22. The lowest BCUT2D eigenvalue weighted by molar-refractivity contribution is -0.119. The maximum atomic E-state index is 12.7. The molecule has 1 amide bonds. The summed E-state index contributed by atoms with van der Waals surface area (Å²) < 4.78 is 10.9. The third kappa shape index (κ3) is 7.28. The molecule has 6 nitrogen and oxygen atoms in total. The Hall–Kier alpha value is -2.94. The minimum Gasteiger partial charge on any atom is -0.494 e. The van der Waals surface area contributed by atoms with Gasteiger partial charge in [-0.1, -0.05) is 41.4 Å². The molecule has 0 fully saturated rings. The van der Waals surface area contributed by atoms with Crippen LogP contribution in [0.15, 0.2) is 53.9 Å². The first-order valence-electron chi connectivity index (χ1n) is 10.7. The van der Waals surface area contributed by atoms with E-state index < -0.39 is 5.97 Å². The first kappa shape index (κ1) is 25.7. The number of carbonyl (C=O) groups excluding carboxylic acids is 2. The number of ether oxygens (including phenoxy) is 2. The maximum absolute atomic E-state index is 12.7. The van der Waals surface area contributed by atoms with Crippen LogP contribution in [0, 0.1) is 6.92 Å². The zero-order valence-electron chi connectivity index (χ0n) is 18.9. The SMILES string of the molecule is CCOC(=O)c1c(-c2ccc(Cl)cc2)csc1NC(=S)NC(=O)CCCOc1ccc(C)cc1. The van der Waals surface area contributed by atoms with Crippen LogP contribution in [0.3, 0.4) is 0 Å². The van der Waals surface area contributed by atoms with Crippen LogP contribution in [-0.4, -0.2) is 30.2 Å². The number of benzene rings is 2. The third-order valence-electron chi connectivity index (χ3n) is 4.74. The smallest absolute Gasteiger partial charge is 0.341 e. The van der Waals surface area contributed by atoms with Crippen molar-refractivity contribution in [2.75, 3.05) is 18.5 Å². The van der Waals surface area contributed by atoms with Gasteiger partial charge in [-0.25, -0.2) is 4.79 Å². The Balaban J connectivity index is 1.57. The molecule has 3 aromatic rings. The Bertz CT molecular complexity index is 1140. The van der Waals surface area contributed by atoms with Gasteiger partial charge in [-0.3, -0.25) is 4.79 Å². The van der Waals surface area contributed by atoms with Crippen molar-refractivity contribution in [2.24, 2.45) is 0 Å². The molecule has 1 heterocycles. The summed E-state index contributed by atoms with van der Waals surface area (Å²) in [6.07, 6.45) is 0.787. The molecule has 0 aliphatic heterocycles. The fourth-order valence-corrected chi connectivity index (χ4v) is 4.45. The van der Waals surface area contributed by atoms with E-state index in [1.165, 1.54) is 11.3 Å². The molecule has 0 spiro atoms. The molecular weight excluding hydrogens is 492 g/mol. The van der Waals surface area contributed by atoms with E-state index in [2.05, 4.69) is 10.6 Å². The Morgan fingerprint density at radius 1 is 1.09 bits per heavy atom. The van der Waals surface area contributed by atoms with E-state index in [0.29, 0.717) is 34.2 Å². The Morgan fingerprint density at radius 3 is 2.47 bits per heavy atom. The van der Waals surface area contributed by atoms with Gasteiger partial charge in [0, 0.05) is 22.4 Å². The van der Waals surface area contributed by atoms with E-state index in [-0.39, 0.29) is 24.0 Å². The molecule has 0 bridgehead atoms. The lowest BCUT2D eigenvalue weighted by Crippen LogP contribution is -2.34. The van der Waals surface area contributed by atoms with E-state index in [1.54, 1.807) is 19.1 Å². The standard InChI is InChI=1S/C25H25ClN2O4S2/c1-3-31-24(30)22-20(17-8-10-18(26)11-9-17)15-34-23(22)28-25(33)27-21(29)5-4-14-32-19-12-6-16(2)7-13-19/h6-13,15H,3-5,14H2,1-2H3,(H2,27,28,29,33). The Labute approximate surface area is 213 Å². The minimum absolute atomic E-state index is 0.111. The Morgan fingerprint density at radius 2 is 1.79 bits per heavy atom. The highest BCUT2D eigenvalue weighted by Crippen LogP contribution is 2.36. The first-order chi connectivity index (χ1) is 16.4. The fraction of sp³-hybridized carbons (Fsp3) is 0.240. The average molecular weight is 517 g/mol. The van der Waals surface area contributed by atoms with Gasteiger partial charge in [0.1, 0.15) is 16.3 Å². The molecule has 0 aliphatic rings. The largest absolute Gasteiger partial charge is 0.494 e. The lowest BCUT2D eigenvalue weighted by Gasteiger charge is -2.11. The quantitative estimate of drug-likeness (QED) is 0.199. The number of hydrogen-bond donors (Lipinski definition) is 2. The van der Waals surface area contributed by atoms with E-state index in [9.17, 15) is 9.59 Å². The maximum Gasteiger partial charge on any atom is 0.341 e. The number of anilines is 1. The van der Waals surface area contributed by atoms with Gasteiger partial charge >= 0.3 is 5.97 Å². The van der Waals surface area contributed by atoms with E-state index in [4.69, 9.17) is 33.3 Å². The number of aryl methyl sites for hydroxylation is 1. The second kappa shape index (κ2) is 12.5. The van der Waals surface area contributed by atoms with E-state index >= 15 is 0 Å². The molecule has 0 atom stereocenters. The summed E-state index contributed by atoms with van der Waals surface area (Å²) in [7, 11) is 0. The van der Waals surface area contributed by atoms with Crippen molar-refractivity contribution in [1.82, 2.24) is 5.32 Å². The van der Waals surface area contributed by atoms with Gasteiger partial charge in [0.2, 0.25) is 5.91 Å². The molecule has 0 saturated carbocycles. The number of thiocarbonyl (C=S) groups is 1. The van der Waals surface area contributed by atoms with Gasteiger partial charge in [-0.2, -0.15) is 0 Å². The predicted molar refractivity (Wildman–Crippen MR) is 141 cm³/mol. The number of nitrogens with one attached hydrogen (secondary N) is 2. The van der Waals surface area contributed by atoms with Crippen molar-refractivity contribution in [1.29, 1.82) is 0 Å². The van der Waals surface area contributed by atoms with Crippen molar-refractivity contribution in [3.05, 3.63) is 70.1 Å². The molecule has 34 heavy (non-hydrogen) atoms. The second-order valence-corrected chi connectivity index (χ2v) is 9.07. The van der Waals surface area contributed by atoms with Crippen LogP contribution in [0.2, 0.25) is 5.02 Å². The molecular formula is C25H25ClN2O4S2. The number of esters is 1. The van der Waals surface area contributed by atoms with E-state index in [0.717, 1.165) is 16.9 Å². The molecule has 0 aliphatic carbocycles. The van der Waals surface area contributed by atoms with Gasteiger partial charge < -0.3 is 20.1 Å². The summed E-state index contributed by atoms with van der Waals surface area (Å²) in [6.45, 7) is 4.40. The molecule has 2 N–H and O–H groups in total. The van der Waals surface area contributed by atoms with Crippen LogP contribution in [0.4, 0.5) is 5.00 Å². The van der Waals surface area contributed by atoms with Gasteiger partial charge in [-0.15, -0.1) is 11.3 Å². The van der Waals surface area contributed by atoms with Crippen molar-refractivity contribution < 1.29 is 19.1 Å². The van der Waals surface area contributed by atoms with Crippen LogP contribution in [0.5, 0.6) is 5.75 Å². The summed E-state index contributed by atoms with van der Waals surface area (Å²) in [5, 5.41) is 8.66. The number of carbonyl (C=O) groups is 2. The topological polar surface area (TPSA) is 76.7 Å². The monoisotopic (exact) mass is 516 g/mol. The number of amides is 1. The van der Waals surface area contributed by atoms with Crippen molar-refractivity contribution in [2.45, 2.75) is 26.7 Å². The number of thiophene rings is 1. The van der Waals surface area contributed by atoms with Gasteiger partial charge in [0.05, 0.1) is 13.2 Å². The van der Waals surface area contributed by atoms with Crippen molar-refractivity contribution >= 4 is 57.1 Å². The summed E-state index contributed by atoms with van der Waals surface area (Å²) in [4.78, 5) is 25.0. The van der Waals surface area contributed by atoms with Crippen LogP contribution < -0.4 is 15.4 Å². The summed E-state index contributed by atoms with van der Waals surface area (Å²) in [5.74, 6) is 0.0552. The summed E-state index contributed by atoms with van der Waals surface area (Å²) in [5.41, 5.74) is 3.03. The molecule has 0 saturated heterocycles. The Kier molecular flexibility index (Phi) is 9.44. The van der Waals surface area contributed by atoms with Crippen molar-refractivity contribution in [3.8, 4) is 16.9 Å². The molecule has 3 rings (SSSR count). The predicted octanol–water partition coefficient (Wildman–Crippen LogP) is 6.23. The van der Waals surface area contributed by atoms with Crippen LogP contribution in [0.1, 0.15) is 35.7 Å². The van der Waals surface area contributed by atoms with Crippen molar-refractivity contribution in [3.63, 3.8) is 0 Å². The summed E-state index contributed by atoms with van der Waals surface area (Å²) >= 11 is 12.6. The zero-order valence-corrected chi connectivity index (χ0v) is 21.2. The molecule has 2 aromatic carbocycles. The van der Waals surface area contributed by atoms with E-state index in [1.807, 2.05) is 48.7 Å². The molecule has 0 radical (unpaired) electrons. The highest BCUT2D eigenvalue weighted by Gasteiger charge is 2.22. The highest BCUT2D eigenvalue weighted by atomic mass is 35.5. The minimum atomic E-state index is -0.474. The van der Waals surface area contributed by atoms with Crippen LogP contribution >= 0.6 is 35.2 Å². The van der Waals surface area contributed by atoms with Gasteiger partial charge in [0.25, 0.3) is 0 Å². The normalized spacial score (nSPS) is 10.4. The fourth-order valence-electron chi connectivity index (χ4n) is 3.08.